The molecule has 0 spiro atoms. The van der Waals surface area contributed by atoms with Crippen molar-refractivity contribution in [2.24, 2.45) is 0 Å². The summed E-state index contributed by atoms with van der Waals surface area (Å²) >= 11 is 2.30. The lowest BCUT2D eigenvalue weighted by atomic mass is 10.1. The SMILES string of the molecule is O=S(=O)(NCc1cccc(CNS(=O)(=O)c2cccs2)c1)c1cccs1. The second-order valence-corrected chi connectivity index (χ2v) is 11.2. The molecule has 0 atom stereocenters. The Morgan fingerprint density at radius 2 is 1.15 bits per heavy atom. The van der Waals surface area contributed by atoms with Crippen LogP contribution in [-0.4, -0.2) is 16.8 Å². The molecule has 6 nitrogen and oxygen atoms in total. The van der Waals surface area contributed by atoms with Crippen molar-refractivity contribution >= 4 is 42.7 Å². The summed E-state index contributed by atoms with van der Waals surface area (Å²) in [6, 6.07) is 13.6. The molecule has 0 aliphatic heterocycles. The summed E-state index contributed by atoms with van der Waals surface area (Å²) in [5.74, 6) is 0. The molecule has 0 aliphatic carbocycles. The highest BCUT2D eigenvalue weighted by atomic mass is 32.3. The van der Waals surface area contributed by atoms with E-state index in [-0.39, 0.29) is 21.5 Å². The van der Waals surface area contributed by atoms with E-state index in [0.29, 0.717) is 0 Å². The average molecular weight is 429 g/mol. The maximum Gasteiger partial charge on any atom is 0.250 e. The highest BCUT2D eigenvalue weighted by molar-refractivity contribution is 7.91. The summed E-state index contributed by atoms with van der Waals surface area (Å²) < 4.78 is 54.2. The first-order valence-corrected chi connectivity index (χ1v) is 12.2. The number of benzene rings is 1. The average Bonchev–Trinajstić information content (AvgIpc) is 3.32. The van der Waals surface area contributed by atoms with Gasteiger partial charge in [-0.05, 0) is 34.0 Å². The first kappa shape index (κ1) is 19.2. The predicted molar refractivity (Wildman–Crippen MR) is 103 cm³/mol. The van der Waals surface area contributed by atoms with Crippen molar-refractivity contribution in [2.45, 2.75) is 21.5 Å². The molecule has 3 rings (SSSR count). The van der Waals surface area contributed by atoms with Crippen LogP contribution in [0.1, 0.15) is 11.1 Å². The Bertz CT molecular complexity index is 974. The highest BCUT2D eigenvalue weighted by Crippen LogP contribution is 2.17. The predicted octanol–water partition coefficient (Wildman–Crippen LogP) is 2.77. The molecular formula is C16H16N2O4S4. The maximum absolute atomic E-state index is 12.1. The van der Waals surface area contributed by atoms with E-state index in [0.717, 1.165) is 33.8 Å². The number of sulfonamides is 2. The molecule has 0 unspecified atom stereocenters. The zero-order valence-electron chi connectivity index (χ0n) is 13.5. The molecule has 2 N–H and O–H groups in total. The van der Waals surface area contributed by atoms with Crippen molar-refractivity contribution < 1.29 is 16.8 Å². The minimum absolute atomic E-state index is 0.131. The fourth-order valence-corrected chi connectivity index (χ4v) is 6.29. The number of nitrogens with one attached hydrogen (secondary N) is 2. The summed E-state index contributed by atoms with van der Waals surface area (Å²) in [7, 11) is -7.07. The van der Waals surface area contributed by atoms with E-state index in [1.54, 1.807) is 59.3 Å². The minimum Gasteiger partial charge on any atom is -0.206 e. The number of hydrogen-bond donors (Lipinski definition) is 2. The van der Waals surface area contributed by atoms with Crippen molar-refractivity contribution in [3.8, 4) is 0 Å². The Balaban J connectivity index is 1.63. The monoisotopic (exact) mass is 428 g/mol. The zero-order chi connectivity index (χ0) is 18.6. The molecule has 0 amide bonds. The van der Waals surface area contributed by atoms with Gasteiger partial charge in [0.25, 0.3) is 0 Å². The fraction of sp³-hybridized carbons (Fsp3) is 0.125. The molecule has 2 heterocycles. The van der Waals surface area contributed by atoms with Gasteiger partial charge in [-0.3, -0.25) is 0 Å². The molecule has 3 aromatic rings. The van der Waals surface area contributed by atoms with Gasteiger partial charge in [-0.2, -0.15) is 0 Å². The Morgan fingerprint density at radius 1 is 0.692 bits per heavy atom. The number of hydrogen-bond acceptors (Lipinski definition) is 6. The second-order valence-electron chi connectivity index (χ2n) is 5.33. The summed E-state index contributed by atoms with van der Waals surface area (Å²) in [5.41, 5.74) is 1.50. The van der Waals surface area contributed by atoms with E-state index in [9.17, 15) is 16.8 Å². The van der Waals surface area contributed by atoms with E-state index in [4.69, 9.17) is 0 Å². The minimum atomic E-state index is -3.53. The molecule has 0 saturated heterocycles. The maximum atomic E-state index is 12.1. The van der Waals surface area contributed by atoms with Crippen LogP contribution >= 0.6 is 22.7 Å². The second kappa shape index (κ2) is 7.99. The third-order valence-electron chi connectivity index (χ3n) is 3.44. The molecule has 0 saturated carbocycles. The van der Waals surface area contributed by atoms with Crippen LogP contribution in [0.25, 0.3) is 0 Å². The lowest BCUT2D eigenvalue weighted by Gasteiger charge is -2.08. The molecule has 138 valence electrons. The Kier molecular flexibility index (Phi) is 5.90. The largest absolute Gasteiger partial charge is 0.250 e. The van der Waals surface area contributed by atoms with E-state index < -0.39 is 20.0 Å². The summed E-state index contributed by atoms with van der Waals surface area (Å²) in [5, 5.41) is 3.41. The molecule has 0 aliphatic rings. The van der Waals surface area contributed by atoms with Gasteiger partial charge in [0.05, 0.1) is 0 Å². The molecule has 26 heavy (non-hydrogen) atoms. The van der Waals surface area contributed by atoms with Crippen molar-refractivity contribution in [1.29, 1.82) is 0 Å². The van der Waals surface area contributed by atoms with E-state index in [2.05, 4.69) is 9.44 Å². The first-order chi connectivity index (χ1) is 12.4. The van der Waals surface area contributed by atoms with Gasteiger partial charge in [-0.15, -0.1) is 22.7 Å². The van der Waals surface area contributed by atoms with Crippen LogP contribution in [0.2, 0.25) is 0 Å². The van der Waals surface area contributed by atoms with Crippen LogP contribution in [0.15, 0.2) is 67.7 Å². The summed E-state index contributed by atoms with van der Waals surface area (Å²) in [4.78, 5) is 0. The van der Waals surface area contributed by atoms with Crippen LogP contribution in [0.3, 0.4) is 0 Å². The Labute approximate surface area is 160 Å². The van der Waals surface area contributed by atoms with Crippen LogP contribution < -0.4 is 9.44 Å². The molecular weight excluding hydrogens is 412 g/mol. The van der Waals surface area contributed by atoms with Gasteiger partial charge < -0.3 is 0 Å². The third-order valence-corrected chi connectivity index (χ3v) is 9.04. The highest BCUT2D eigenvalue weighted by Gasteiger charge is 2.16. The van der Waals surface area contributed by atoms with Gasteiger partial charge in [-0.25, -0.2) is 26.3 Å². The van der Waals surface area contributed by atoms with Gasteiger partial charge in [0.2, 0.25) is 20.0 Å². The zero-order valence-corrected chi connectivity index (χ0v) is 16.7. The van der Waals surface area contributed by atoms with Crippen LogP contribution in [-0.2, 0) is 33.1 Å². The fourth-order valence-electron chi connectivity index (χ4n) is 2.18. The quantitative estimate of drug-likeness (QED) is 0.577. The van der Waals surface area contributed by atoms with Gasteiger partial charge in [0, 0.05) is 13.1 Å². The first-order valence-electron chi connectivity index (χ1n) is 7.51. The van der Waals surface area contributed by atoms with E-state index in [1.165, 1.54) is 0 Å². The molecule has 10 heteroatoms. The lowest BCUT2D eigenvalue weighted by Crippen LogP contribution is -2.23. The van der Waals surface area contributed by atoms with Gasteiger partial charge in [-0.1, -0.05) is 36.4 Å². The van der Waals surface area contributed by atoms with Gasteiger partial charge in [0.1, 0.15) is 8.42 Å². The third kappa shape index (κ3) is 4.78. The standard InChI is InChI=1S/C16H16N2O4S4/c19-25(20,15-6-2-8-23-15)17-11-13-4-1-5-14(10-13)12-18-26(21,22)16-7-3-9-24-16/h1-10,17-18H,11-12H2. The molecule has 0 radical (unpaired) electrons. The van der Waals surface area contributed by atoms with Crippen molar-refractivity contribution in [3.05, 3.63) is 70.4 Å². The van der Waals surface area contributed by atoms with Crippen LogP contribution in [0.5, 0.6) is 0 Å². The lowest BCUT2D eigenvalue weighted by molar-refractivity contribution is 0.582. The molecule has 0 bridgehead atoms. The van der Waals surface area contributed by atoms with Crippen LogP contribution in [0.4, 0.5) is 0 Å². The van der Waals surface area contributed by atoms with Gasteiger partial charge in [0.15, 0.2) is 0 Å². The van der Waals surface area contributed by atoms with E-state index in [1.807, 2.05) is 0 Å². The normalized spacial score (nSPS) is 12.3. The molecule has 2 aromatic heterocycles. The van der Waals surface area contributed by atoms with Gasteiger partial charge >= 0.3 is 0 Å². The topological polar surface area (TPSA) is 92.3 Å². The Morgan fingerprint density at radius 3 is 1.54 bits per heavy atom. The van der Waals surface area contributed by atoms with Crippen molar-refractivity contribution in [3.63, 3.8) is 0 Å². The number of rotatable bonds is 8. The molecule has 0 fully saturated rings. The Hall–Kier alpha value is -1.56. The molecule has 1 aromatic carbocycles. The summed E-state index contributed by atoms with van der Waals surface area (Å²) in [6.07, 6.45) is 0. The van der Waals surface area contributed by atoms with E-state index >= 15 is 0 Å². The summed E-state index contributed by atoms with van der Waals surface area (Å²) in [6.45, 7) is 0.261. The van der Waals surface area contributed by atoms with Crippen molar-refractivity contribution in [2.75, 3.05) is 0 Å². The number of thiophene rings is 2. The van der Waals surface area contributed by atoms with Crippen molar-refractivity contribution in [1.82, 2.24) is 9.44 Å². The smallest absolute Gasteiger partial charge is 0.206 e. The van der Waals surface area contributed by atoms with Crippen LogP contribution in [0, 0.1) is 0 Å².